The highest BCUT2D eigenvalue weighted by Crippen LogP contribution is 2.02. The number of hydrogen-bond acceptors (Lipinski definition) is 6. The summed E-state index contributed by atoms with van der Waals surface area (Å²) in [5.41, 5.74) is 0. The molecule has 0 saturated carbocycles. The predicted molar refractivity (Wildman–Crippen MR) is 109 cm³/mol. The molecular formula is C21H44O6. The van der Waals surface area contributed by atoms with Crippen molar-refractivity contribution in [1.82, 2.24) is 0 Å². The number of unbranched alkanes of at least 4 members (excludes halogenated alkanes) is 2. The maximum Gasteiger partial charge on any atom is 0.0700 e. The molecule has 0 unspecified atom stereocenters. The summed E-state index contributed by atoms with van der Waals surface area (Å²) in [6, 6.07) is 0. The van der Waals surface area contributed by atoms with E-state index in [1.807, 2.05) is 0 Å². The molecule has 0 aliphatic heterocycles. The molecule has 0 aromatic rings. The third-order valence-corrected chi connectivity index (χ3v) is 3.81. The lowest BCUT2D eigenvalue weighted by molar-refractivity contribution is -0.0370. The summed E-state index contributed by atoms with van der Waals surface area (Å²) in [6.45, 7) is 14.4. The van der Waals surface area contributed by atoms with Gasteiger partial charge in [-0.15, -0.1) is 0 Å². The van der Waals surface area contributed by atoms with E-state index in [9.17, 15) is 0 Å². The molecule has 0 spiro atoms. The first-order chi connectivity index (χ1) is 13.3. The van der Waals surface area contributed by atoms with Crippen molar-refractivity contribution in [3.05, 3.63) is 0 Å². The van der Waals surface area contributed by atoms with Crippen LogP contribution in [-0.4, -0.2) is 79.3 Å². The molecular weight excluding hydrogens is 348 g/mol. The molecule has 0 saturated heterocycles. The van der Waals surface area contributed by atoms with E-state index >= 15 is 0 Å². The van der Waals surface area contributed by atoms with Crippen LogP contribution in [0.25, 0.3) is 0 Å². The zero-order chi connectivity index (χ0) is 19.8. The first-order valence-corrected chi connectivity index (χ1v) is 10.8. The molecule has 0 heterocycles. The Morgan fingerprint density at radius 2 is 0.778 bits per heavy atom. The van der Waals surface area contributed by atoms with Gasteiger partial charge in [0.15, 0.2) is 0 Å². The van der Waals surface area contributed by atoms with Crippen molar-refractivity contribution in [3.8, 4) is 0 Å². The van der Waals surface area contributed by atoms with Gasteiger partial charge in [-0.1, -0.05) is 33.6 Å². The van der Waals surface area contributed by atoms with Gasteiger partial charge in [-0.3, -0.25) is 0 Å². The van der Waals surface area contributed by atoms with Crippen LogP contribution in [0.15, 0.2) is 0 Å². The molecule has 164 valence electrons. The molecule has 0 rings (SSSR count). The van der Waals surface area contributed by atoms with Gasteiger partial charge in [0, 0.05) is 25.7 Å². The summed E-state index contributed by atoms with van der Waals surface area (Å²) in [5.74, 6) is 0.211. The second-order valence-corrected chi connectivity index (χ2v) is 6.63. The highest BCUT2D eigenvalue weighted by Gasteiger charge is 2.10. The summed E-state index contributed by atoms with van der Waals surface area (Å²) in [4.78, 5) is 0. The SMILES string of the molecule is CCCCOCCOCC(COCCOCCC)COCCOCCCC. The molecule has 0 fully saturated rings. The molecule has 27 heavy (non-hydrogen) atoms. The van der Waals surface area contributed by atoms with Crippen LogP contribution in [0.5, 0.6) is 0 Å². The van der Waals surface area contributed by atoms with Crippen LogP contribution in [0.4, 0.5) is 0 Å². The molecule has 0 aromatic heterocycles. The van der Waals surface area contributed by atoms with Crippen LogP contribution in [0.1, 0.15) is 52.9 Å². The van der Waals surface area contributed by atoms with Crippen LogP contribution < -0.4 is 0 Å². The minimum atomic E-state index is 0.211. The second kappa shape index (κ2) is 23.8. The van der Waals surface area contributed by atoms with E-state index in [4.69, 9.17) is 28.4 Å². The zero-order valence-electron chi connectivity index (χ0n) is 18.0. The molecule has 6 nitrogen and oxygen atoms in total. The maximum absolute atomic E-state index is 5.73. The van der Waals surface area contributed by atoms with Crippen molar-refractivity contribution >= 4 is 0 Å². The lowest BCUT2D eigenvalue weighted by atomic mass is 10.2. The molecule has 0 aromatic carbocycles. The predicted octanol–water partition coefficient (Wildman–Crippen LogP) is 3.71. The average molecular weight is 393 g/mol. The molecule has 0 amide bonds. The Kier molecular flexibility index (Phi) is 23.6. The number of ether oxygens (including phenoxy) is 6. The molecule has 0 N–H and O–H groups in total. The van der Waals surface area contributed by atoms with Crippen molar-refractivity contribution in [3.63, 3.8) is 0 Å². The molecule has 0 aliphatic carbocycles. The van der Waals surface area contributed by atoms with E-state index in [0.717, 1.165) is 51.9 Å². The summed E-state index contributed by atoms with van der Waals surface area (Å²) < 4.78 is 33.7. The molecule has 0 atom stereocenters. The van der Waals surface area contributed by atoms with Crippen LogP contribution >= 0.6 is 0 Å². The quantitative estimate of drug-likeness (QED) is 0.247. The summed E-state index contributed by atoms with van der Waals surface area (Å²) in [7, 11) is 0. The Morgan fingerprint density at radius 3 is 1.15 bits per heavy atom. The van der Waals surface area contributed by atoms with Gasteiger partial charge < -0.3 is 28.4 Å². The normalized spacial score (nSPS) is 11.6. The van der Waals surface area contributed by atoms with Crippen molar-refractivity contribution in [1.29, 1.82) is 0 Å². The van der Waals surface area contributed by atoms with Gasteiger partial charge in [-0.05, 0) is 19.3 Å². The highest BCUT2D eigenvalue weighted by atomic mass is 16.5. The van der Waals surface area contributed by atoms with E-state index in [1.54, 1.807) is 0 Å². The van der Waals surface area contributed by atoms with Gasteiger partial charge >= 0.3 is 0 Å². The van der Waals surface area contributed by atoms with Crippen molar-refractivity contribution in [2.24, 2.45) is 5.92 Å². The highest BCUT2D eigenvalue weighted by molar-refractivity contribution is 4.57. The largest absolute Gasteiger partial charge is 0.379 e. The lowest BCUT2D eigenvalue weighted by Crippen LogP contribution is -2.24. The Labute approximate surface area is 167 Å². The molecule has 0 bridgehead atoms. The van der Waals surface area contributed by atoms with E-state index in [0.29, 0.717) is 59.5 Å². The Balaban J connectivity index is 3.78. The summed E-state index contributed by atoms with van der Waals surface area (Å²) in [6.07, 6.45) is 5.55. The van der Waals surface area contributed by atoms with Gasteiger partial charge in [0.1, 0.15) is 0 Å². The van der Waals surface area contributed by atoms with Crippen molar-refractivity contribution in [2.45, 2.75) is 52.9 Å². The maximum atomic E-state index is 5.73. The standard InChI is InChI=1S/C21H44O6/c1-4-7-10-23-13-16-26-19-21(18-25-15-12-22-9-6-3)20-27-17-14-24-11-8-5-2/h21H,4-20H2,1-3H3. The first-order valence-electron chi connectivity index (χ1n) is 10.8. The van der Waals surface area contributed by atoms with Gasteiger partial charge in [-0.2, -0.15) is 0 Å². The topological polar surface area (TPSA) is 55.4 Å². The van der Waals surface area contributed by atoms with Crippen LogP contribution in [-0.2, 0) is 28.4 Å². The van der Waals surface area contributed by atoms with E-state index in [2.05, 4.69) is 20.8 Å². The van der Waals surface area contributed by atoms with Crippen LogP contribution in [0, 0.1) is 5.92 Å². The summed E-state index contributed by atoms with van der Waals surface area (Å²) in [5, 5.41) is 0. The van der Waals surface area contributed by atoms with Crippen LogP contribution in [0.2, 0.25) is 0 Å². The van der Waals surface area contributed by atoms with E-state index < -0.39 is 0 Å². The van der Waals surface area contributed by atoms with Gasteiger partial charge in [0.25, 0.3) is 0 Å². The Morgan fingerprint density at radius 1 is 0.407 bits per heavy atom. The van der Waals surface area contributed by atoms with Crippen LogP contribution in [0.3, 0.4) is 0 Å². The fourth-order valence-corrected chi connectivity index (χ4v) is 2.19. The monoisotopic (exact) mass is 392 g/mol. The average Bonchev–Trinajstić information content (AvgIpc) is 2.68. The van der Waals surface area contributed by atoms with E-state index in [-0.39, 0.29) is 5.92 Å². The third kappa shape index (κ3) is 21.9. The smallest absolute Gasteiger partial charge is 0.0700 e. The molecule has 0 aliphatic rings. The lowest BCUT2D eigenvalue weighted by Gasteiger charge is -2.18. The third-order valence-electron chi connectivity index (χ3n) is 3.81. The molecule has 0 radical (unpaired) electrons. The van der Waals surface area contributed by atoms with Gasteiger partial charge in [-0.25, -0.2) is 0 Å². The second-order valence-electron chi connectivity index (χ2n) is 6.63. The Bertz CT molecular complexity index is 247. The zero-order valence-corrected chi connectivity index (χ0v) is 18.0. The fraction of sp³-hybridized carbons (Fsp3) is 1.00. The minimum absolute atomic E-state index is 0.211. The van der Waals surface area contributed by atoms with Gasteiger partial charge in [0.05, 0.1) is 59.5 Å². The fourth-order valence-electron chi connectivity index (χ4n) is 2.19. The molecule has 6 heteroatoms. The number of rotatable bonds is 23. The summed E-state index contributed by atoms with van der Waals surface area (Å²) >= 11 is 0. The van der Waals surface area contributed by atoms with Crippen molar-refractivity contribution in [2.75, 3.05) is 79.3 Å². The number of hydrogen-bond donors (Lipinski definition) is 0. The first kappa shape index (κ1) is 26.8. The van der Waals surface area contributed by atoms with Crippen molar-refractivity contribution < 1.29 is 28.4 Å². The Hall–Kier alpha value is -0.240. The van der Waals surface area contributed by atoms with E-state index in [1.165, 1.54) is 0 Å². The minimum Gasteiger partial charge on any atom is -0.379 e. The van der Waals surface area contributed by atoms with Gasteiger partial charge in [0.2, 0.25) is 0 Å².